The van der Waals surface area contributed by atoms with E-state index >= 15 is 0 Å². The fourth-order valence-corrected chi connectivity index (χ4v) is 1.82. The molecule has 0 bridgehead atoms. The van der Waals surface area contributed by atoms with Crippen molar-refractivity contribution in [2.45, 2.75) is 19.9 Å². The Labute approximate surface area is 74.0 Å². The number of nitrogens with zero attached hydrogens (tertiary/aromatic N) is 1. The minimum Gasteiger partial charge on any atom is -0.302 e. The van der Waals surface area contributed by atoms with Crippen molar-refractivity contribution in [1.29, 1.82) is 0 Å². The molecule has 0 fully saturated rings. The van der Waals surface area contributed by atoms with Crippen molar-refractivity contribution in [3.05, 3.63) is 34.9 Å². The van der Waals surface area contributed by atoms with Gasteiger partial charge in [0.15, 0.2) is 0 Å². The Bertz CT molecular complexity index is 291. The van der Waals surface area contributed by atoms with Crippen LogP contribution in [0.25, 0.3) is 0 Å². The van der Waals surface area contributed by atoms with Crippen LogP contribution in [-0.4, -0.2) is 18.5 Å². The number of fused-ring (bicyclic) bond motifs is 1. The zero-order chi connectivity index (χ0) is 8.55. The lowest BCUT2D eigenvalue weighted by atomic mass is 9.98. The van der Waals surface area contributed by atoms with Gasteiger partial charge in [-0.3, -0.25) is 0 Å². The third kappa shape index (κ3) is 1.37. The van der Waals surface area contributed by atoms with E-state index in [-0.39, 0.29) is 0 Å². The van der Waals surface area contributed by atoms with Crippen molar-refractivity contribution < 1.29 is 0 Å². The van der Waals surface area contributed by atoms with E-state index in [0.717, 1.165) is 6.54 Å². The molecule has 0 radical (unpaired) electrons. The molecule has 0 atom stereocenters. The molecule has 0 spiro atoms. The highest BCUT2D eigenvalue weighted by Gasteiger charge is 2.11. The summed E-state index contributed by atoms with van der Waals surface area (Å²) in [6.45, 7) is 4.49. The second-order valence-corrected chi connectivity index (χ2v) is 3.76. The number of likely N-dealkylation sites (N-methyl/N-ethyl adjacent to an activating group) is 1. The second-order valence-electron chi connectivity index (χ2n) is 3.76. The van der Waals surface area contributed by atoms with E-state index in [2.05, 4.69) is 37.1 Å². The van der Waals surface area contributed by atoms with Gasteiger partial charge in [0, 0.05) is 13.1 Å². The Morgan fingerprint density at radius 3 is 2.92 bits per heavy atom. The summed E-state index contributed by atoms with van der Waals surface area (Å²) in [5, 5.41) is 0. The van der Waals surface area contributed by atoms with Crippen LogP contribution in [0.3, 0.4) is 0 Å². The maximum atomic E-state index is 2.37. The maximum Gasteiger partial charge on any atom is 0.0233 e. The standard InChI is InChI=1S/C11H15N/c1-9-3-4-11-8-12(2)6-5-10(11)7-9/h3-4,7H,5-6,8H2,1-2H3. The Kier molecular flexibility index (Phi) is 1.89. The first-order valence-electron chi connectivity index (χ1n) is 4.52. The van der Waals surface area contributed by atoms with Crippen molar-refractivity contribution in [1.82, 2.24) is 4.90 Å². The number of aryl methyl sites for hydroxylation is 1. The number of hydrogen-bond donors (Lipinski definition) is 0. The van der Waals surface area contributed by atoms with Crippen molar-refractivity contribution >= 4 is 0 Å². The summed E-state index contributed by atoms with van der Waals surface area (Å²) in [4.78, 5) is 2.37. The zero-order valence-corrected chi connectivity index (χ0v) is 7.80. The highest BCUT2D eigenvalue weighted by atomic mass is 15.1. The predicted molar refractivity (Wildman–Crippen MR) is 51.2 cm³/mol. The molecule has 0 saturated heterocycles. The second kappa shape index (κ2) is 2.91. The monoisotopic (exact) mass is 161 g/mol. The molecule has 1 aromatic carbocycles. The van der Waals surface area contributed by atoms with E-state index < -0.39 is 0 Å². The summed E-state index contributed by atoms with van der Waals surface area (Å²) in [6, 6.07) is 6.79. The number of benzene rings is 1. The van der Waals surface area contributed by atoms with Crippen molar-refractivity contribution in [3.8, 4) is 0 Å². The fraction of sp³-hybridized carbons (Fsp3) is 0.455. The van der Waals surface area contributed by atoms with Gasteiger partial charge in [0.2, 0.25) is 0 Å². The summed E-state index contributed by atoms with van der Waals surface area (Å²) in [6.07, 6.45) is 1.22. The van der Waals surface area contributed by atoms with E-state index in [0.29, 0.717) is 0 Å². The normalized spacial score (nSPS) is 17.5. The highest BCUT2D eigenvalue weighted by Crippen LogP contribution is 2.18. The summed E-state index contributed by atoms with van der Waals surface area (Å²) in [5.41, 5.74) is 4.45. The molecule has 1 aliphatic rings. The lowest BCUT2D eigenvalue weighted by Crippen LogP contribution is -2.26. The van der Waals surface area contributed by atoms with Crippen LogP contribution in [0.4, 0.5) is 0 Å². The highest BCUT2D eigenvalue weighted by molar-refractivity contribution is 5.33. The van der Waals surface area contributed by atoms with E-state index in [9.17, 15) is 0 Å². The van der Waals surface area contributed by atoms with Crippen LogP contribution >= 0.6 is 0 Å². The molecule has 0 N–H and O–H groups in total. The van der Waals surface area contributed by atoms with E-state index in [4.69, 9.17) is 0 Å². The first-order valence-corrected chi connectivity index (χ1v) is 4.52. The molecule has 0 aromatic heterocycles. The fourth-order valence-electron chi connectivity index (χ4n) is 1.82. The van der Waals surface area contributed by atoms with Gasteiger partial charge in [-0.05, 0) is 31.5 Å². The quantitative estimate of drug-likeness (QED) is 0.562. The van der Waals surface area contributed by atoms with Crippen LogP contribution in [0.2, 0.25) is 0 Å². The Morgan fingerprint density at radius 2 is 2.08 bits per heavy atom. The molecule has 1 aromatic rings. The summed E-state index contributed by atoms with van der Waals surface area (Å²) in [5.74, 6) is 0. The van der Waals surface area contributed by atoms with Gasteiger partial charge in [0.25, 0.3) is 0 Å². The molecular weight excluding hydrogens is 146 g/mol. The van der Waals surface area contributed by atoms with Gasteiger partial charge in [-0.15, -0.1) is 0 Å². The lowest BCUT2D eigenvalue weighted by molar-refractivity contribution is 0.313. The molecule has 0 saturated carbocycles. The third-order valence-electron chi connectivity index (χ3n) is 2.56. The molecule has 64 valence electrons. The van der Waals surface area contributed by atoms with Crippen LogP contribution in [0.15, 0.2) is 18.2 Å². The van der Waals surface area contributed by atoms with Gasteiger partial charge >= 0.3 is 0 Å². The summed E-state index contributed by atoms with van der Waals surface area (Å²) < 4.78 is 0. The summed E-state index contributed by atoms with van der Waals surface area (Å²) >= 11 is 0. The van der Waals surface area contributed by atoms with Crippen LogP contribution in [0.1, 0.15) is 16.7 Å². The smallest absolute Gasteiger partial charge is 0.0233 e. The molecular formula is C11H15N. The Balaban J connectivity index is 2.37. The molecule has 1 heterocycles. The predicted octanol–water partition coefficient (Wildman–Crippen LogP) is 1.98. The summed E-state index contributed by atoms with van der Waals surface area (Å²) in [7, 11) is 2.18. The molecule has 0 unspecified atom stereocenters. The minimum absolute atomic E-state index is 1.12. The molecule has 1 heteroatoms. The molecule has 1 aliphatic heterocycles. The van der Waals surface area contributed by atoms with Crippen LogP contribution < -0.4 is 0 Å². The maximum absolute atomic E-state index is 2.37. The largest absolute Gasteiger partial charge is 0.302 e. The van der Waals surface area contributed by atoms with Gasteiger partial charge < -0.3 is 4.90 Å². The van der Waals surface area contributed by atoms with Crippen molar-refractivity contribution in [2.75, 3.05) is 13.6 Å². The molecule has 12 heavy (non-hydrogen) atoms. The topological polar surface area (TPSA) is 3.24 Å². The molecule has 0 aliphatic carbocycles. The number of hydrogen-bond acceptors (Lipinski definition) is 1. The molecule has 2 rings (SSSR count). The van der Waals surface area contributed by atoms with E-state index in [1.165, 1.54) is 24.1 Å². The minimum atomic E-state index is 1.12. The van der Waals surface area contributed by atoms with Gasteiger partial charge in [-0.2, -0.15) is 0 Å². The Hall–Kier alpha value is -0.820. The van der Waals surface area contributed by atoms with Crippen molar-refractivity contribution in [2.24, 2.45) is 0 Å². The molecule has 1 nitrogen and oxygen atoms in total. The Morgan fingerprint density at radius 1 is 1.25 bits per heavy atom. The number of rotatable bonds is 0. The van der Waals surface area contributed by atoms with E-state index in [1.54, 1.807) is 5.56 Å². The van der Waals surface area contributed by atoms with Gasteiger partial charge in [0.1, 0.15) is 0 Å². The van der Waals surface area contributed by atoms with Gasteiger partial charge in [-0.1, -0.05) is 23.8 Å². The average molecular weight is 161 g/mol. The van der Waals surface area contributed by atoms with E-state index in [1.807, 2.05) is 0 Å². The first kappa shape index (κ1) is 7.81. The van der Waals surface area contributed by atoms with Gasteiger partial charge in [0.05, 0.1) is 0 Å². The third-order valence-corrected chi connectivity index (χ3v) is 2.56. The zero-order valence-electron chi connectivity index (χ0n) is 7.80. The van der Waals surface area contributed by atoms with Crippen LogP contribution in [0, 0.1) is 6.92 Å². The van der Waals surface area contributed by atoms with Crippen molar-refractivity contribution in [3.63, 3.8) is 0 Å². The average Bonchev–Trinajstić information content (AvgIpc) is 2.05. The van der Waals surface area contributed by atoms with Crippen LogP contribution in [-0.2, 0) is 13.0 Å². The van der Waals surface area contributed by atoms with Crippen LogP contribution in [0.5, 0.6) is 0 Å². The molecule has 0 amide bonds. The SMILES string of the molecule is Cc1ccc2c(c1)CCN(C)C2. The first-order chi connectivity index (χ1) is 5.75. The lowest BCUT2D eigenvalue weighted by Gasteiger charge is -2.24. The van der Waals surface area contributed by atoms with Gasteiger partial charge in [-0.25, -0.2) is 0 Å².